The van der Waals surface area contributed by atoms with Crippen LogP contribution in [0.15, 0.2) is 22.8 Å². The Bertz CT molecular complexity index is 381. The molecule has 1 aromatic rings. The Kier molecular flexibility index (Phi) is 3.22. The number of anilines is 1. The van der Waals surface area contributed by atoms with E-state index in [9.17, 15) is 0 Å². The lowest BCUT2D eigenvalue weighted by atomic mass is 10.1. The molecule has 0 aromatic carbocycles. The van der Waals surface area contributed by atoms with Gasteiger partial charge in [0.15, 0.2) is 0 Å². The molecule has 2 rings (SSSR count). The van der Waals surface area contributed by atoms with Crippen molar-refractivity contribution < 1.29 is 4.74 Å². The summed E-state index contributed by atoms with van der Waals surface area (Å²) in [5.41, 5.74) is -0.109. The number of halogens is 1. The Labute approximate surface area is 105 Å². The predicted molar refractivity (Wildman–Crippen MR) is 68.8 cm³/mol. The molecular formula is C12H17BrN2O. The lowest BCUT2D eigenvalue weighted by Gasteiger charge is -2.42. The summed E-state index contributed by atoms with van der Waals surface area (Å²) in [7, 11) is 0. The van der Waals surface area contributed by atoms with E-state index >= 15 is 0 Å². The molecule has 88 valence electrons. The molecule has 3 nitrogen and oxygen atoms in total. The van der Waals surface area contributed by atoms with Gasteiger partial charge in [0.05, 0.1) is 11.7 Å². The third-order valence-corrected chi connectivity index (χ3v) is 3.04. The minimum absolute atomic E-state index is 0.109. The van der Waals surface area contributed by atoms with E-state index in [1.807, 2.05) is 18.2 Å². The highest BCUT2D eigenvalue weighted by Gasteiger charge is 2.31. The summed E-state index contributed by atoms with van der Waals surface area (Å²) in [5.74, 6) is 1.01. The summed E-state index contributed by atoms with van der Waals surface area (Å²) in [6.45, 7) is 8.11. The Morgan fingerprint density at radius 2 is 2.25 bits per heavy atom. The number of hydrogen-bond acceptors (Lipinski definition) is 3. The van der Waals surface area contributed by atoms with Crippen molar-refractivity contribution in [3.8, 4) is 0 Å². The van der Waals surface area contributed by atoms with Crippen LogP contribution in [0.2, 0.25) is 0 Å². The number of nitrogens with zero attached hydrogens (tertiary/aromatic N) is 2. The molecule has 0 spiro atoms. The SMILES string of the molecule is CC1CN(c2cccc(Br)n2)CC(C)(C)O1. The van der Waals surface area contributed by atoms with E-state index in [4.69, 9.17) is 4.74 Å². The standard InChI is InChI=1S/C12H17BrN2O/c1-9-7-15(8-12(2,3)16-9)11-6-4-5-10(13)14-11/h4-6,9H,7-8H2,1-3H3. The number of rotatable bonds is 1. The largest absolute Gasteiger partial charge is 0.369 e. The van der Waals surface area contributed by atoms with E-state index in [2.05, 4.69) is 46.6 Å². The minimum atomic E-state index is -0.109. The number of hydrogen-bond donors (Lipinski definition) is 0. The van der Waals surface area contributed by atoms with Crippen LogP contribution in [0.1, 0.15) is 20.8 Å². The summed E-state index contributed by atoms with van der Waals surface area (Å²) in [6, 6.07) is 6.00. The normalized spacial score (nSPS) is 24.5. The molecule has 1 aliphatic heterocycles. The highest BCUT2D eigenvalue weighted by molar-refractivity contribution is 9.10. The fourth-order valence-corrected chi connectivity index (χ4v) is 2.54. The van der Waals surface area contributed by atoms with Gasteiger partial charge in [0.25, 0.3) is 0 Å². The highest BCUT2D eigenvalue weighted by atomic mass is 79.9. The van der Waals surface area contributed by atoms with Gasteiger partial charge in [0.1, 0.15) is 10.4 Å². The van der Waals surface area contributed by atoms with Crippen LogP contribution in [0.4, 0.5) is 5.82 Å². The average Bonchev–Trinajstić information content (AvgIpc) is 2.14. The maximum absolute atomic E-state index is 5.87. The maximum Gasteiger partial charge on any atom is 0.130 e. The van der Waals surface area contributed by atoms with Crippen molar-refractivity contribution in [3.05, 3.63) is 22.8 Å². The zero-order chi connectivity index (χ0) is 11.8. The monoisotopic (exact) mass is 284 g/mol. The van der Waals surface area contributed by atoms with Crippen LogP contribution < -0.4 is 4.90 Å². The number of morpholine rings is 1. The zero-order valence-corrected chi connectivity index (χ0v) is 11.5. The molecule has 1 saturated heterocycles. The molecule has 16 heavy (non-hydrogen) atoms. The molecule has 0 aliphatic carbocycles. The van der Waals surface area contributed by atoms with E-state index in [0.29, 0.717) is 0 Å². The first-order valence-corrected chi connectivity index (χ1v) is 6.31. The molecule has 0 N–H and O–H groups in total. The van der Waals surface area contributed by atoms with Gasteiger partial charge in [0, 0.05) is 13.1 Å². The molecule has 0 bridgehead atoms. The van der Waals surface area contributed by atoms with Gasteiger partial charge in [-0.05, 0) is 48.8 Å². The highest BCUT2D eigenvalue weighted by Crippen LogP contribution is 2.25. The van der Waals surface area contributed by atoms with Gasteiger partial charge in [-0.2, -0.15) is 0 Å². The fraction of sp³-hybridized carbons (Fsp3) is 0.583. The first-order valence-electron chi connectivity index (χ1n) is 5.52. The van der Waals surface area contributed by atoms with E-state index in [1.165, 1.54) is 0 Å². The van der Waals surface area contributed by atoms with Crippen molar-refractivity contribution in [2.24, 2.45) is 0 Å². The predicted octanol–water partition coefficient (Wildman–Crippen LogP) is 2.85. The Morgan fingerprint density at radius 3 is 2.88 bits per heavy atom. The van der Waals surface area contributed by atoms with Gasteiger partial charge in [-0.15, -0.1) is 0 Å². The topological polar surface area (TPSA) is 25.4 Å². The second kappa shape index (κ2) is 4.34. The van der Waals surface area contributed by atoms with Crippen LogP contribution in [-0.2, 0) is 4.74 Å². The van der Waals surface area contributed by atoms with Crippen molar-refractivity contribution in [1.82, 2.24) is 4.98 Å². The number of ether oxygens (including phenoxy) is 1. The van der Waals surface area contributed by atoms with Crippen molar-refractivity contribution in [3.63, 3.8) is 0 Å². The lowest BCUT2D eigenvalue weighted by Crippen LogP contribution is -2.52. The fourth-order valence-electron chi connectivity index (χ4n) is 2.20. The molecule has 0 radical (unpaired) electrons. The summed E-state index contributed by atoms with van der Waals surface area (Å²) >= 11 is 3.40. The van der Waals surface area contributed by atoms with Gasteiger partial charge in [0.2, 0.25) is 0 Å². The van der Waals surface area contributed by atoms with E-state index in [0.717, 1.165) is 23.5 Å². The van der Waals surface area contributed by atoms with Crippen LogP contribution in [0, 0.1) is 0 Å². The van der Waals surface area contributed by atoms with Crippen molar-refractivity contribution >= 4 is 21.7 Å². The second-order valence-electron chi connectivity index (χ2n) is 4.89. The molecule has 1 aromatic heterocycles. The van der Waals surface area contributed by atoms with Crippen LogP contribution in [0.3, 0.4) is 0 Å². The first-order chi connectivity index (χ1) is 7.46. The molecule has 1 aliphatic rings. The molecule has 0 saturated carbocycles. The number of aromatic nitrogens is 1. The van der Waals surface area contributed by atoms with Crippen molar-refractivity contribution in [1.29, 1.82) is 0 Å². The second-order valence-corrected chi connectivity index (χ2v) is 5.70. The van der Waals surface area contributed by atoms with Crippen LogP contribution >= 0.6 is 15.9 Å². The Balaban J connectivity index is 2.21. The number of pyridine rings is 1. The lowest BCUT2D eigenvalue weighted by molar-refractivity contribution is -0.0751. The van der Waals surface area contributed by atoms with Crippen LogP contribution in [0.25, 0.3) is 0 Å². The maximum atomic E-state index is 5.87. The zero-order valence-electron chi connectivity index (χ0n) is 9.90. The van der Waals surface area contributed by atoms with E-state index in [1.54, 1.807) is 0 Å². The third-order valence-electron chi connectivity index (χ3n) is 2.59. The summed E-state index contributed by atoms with van der Waals surface area (Å²) < 4.78 is 6.75. The smallest absolute Gasteiger partial charge is 0.130 e. The minimum Gasteiger partial charge on any atom is -0.369 e. The Morgan fingerprint density at radius 1 is 1.50 bits per heavy atom. The molecule has 2 heterocycles. The molecule has 4 heteroatoms. The molecule has 1 unspecified atom stereocenters. The van der Waals surface area contributed by atoms with Crippen LogP contribution in [0.5, 0.6) is 0 Å². The van der Waals surface area contributed by atoms with Gasteiger partial charge in [-0.1, -0.05) is 6.07 Å². The summed E-state index contributed by atoms with van der Waals surface area (Å²) in [6.07, 6.45) is 0.240. The summed E-state index contributed by atoms with van der Waals surface area (Å²) in [5, 5.41) is 0. The first kappa shape index (κ1) is 11.9. The Hall–Kier alpha value is -0.610. The van der Waals surface area contributed by atoms with Gasteiger partial charge < -0.3 is 9.64 Å². The molecule has 0 amide bonds. The average molecular weight is 285 g/mol. The molecule has 1 atom stereocenters. The van der Waals surface area contributed by atoms with E-state index < -0.39 is 0 Å². The van der Waals surface area contributed by atoms with Crippen molar-refractivity contribution in [2.45, 2.75) is 32.5 Å². The molecular weight excluding hydrogens is 268 g/mol. The van der Waals surface area contributed by atoms with Gasteiger partial charge >= 0.3 is 0 Å². The van der Waals surface area contributed by atoms with Gasteiger partial charge in [-0.25, -0.2) is 4.98 Å². The van der Waals surface area contributed by atoms with E-state index in [-0.39, 0.29) is 11.7 Å². The summed E-state index contributed by atoms with van der Waals surface area (Å²) in [4.78, 5) is 6.76. The third kappa shape index (κ3) is 2.74. The van der Waals surface area contributed by atoms with Crippen LogP contribution in [-0.4, -0.2) is 29.8 Å². The van der Waals surface area contributed by atoms with Crippen molar-refractivity contribution in [2.75, 3.05) is 18.0 Å². The van der Waals surface area contributed by atoms with Gasteiger partial charge in [-0.3, -0.25) is 0 Å². The molecule has 1 fully saturated rings. The quantitative estimate of drug-likeness (QED) is 0.742.